The number of benzene rings is 2. The number of nitrogens with zero attached hydrogens (tertiary/aromatic N) is 1. The van der Waals surface area contributed by atoms with Crippen LogP contribution in [0.3, 0.4) is 0 Å². The zero-order chi connectivity index (χ0) is 20.0. The Morgan fingerprint density at radius 2 is 1.75 bits per heavy atom. The Balaban J connectivity index is 1.73. The van der Waals surface area contributed by atoms with Gasteiger partial charge in [-0.05, 0) is 42.7 Å². The highest BCUT2D eigenvalue weighted by Gasteiger charge is 2.28. The number of methoxy groups -OCH3 is 1. The highest BCUT2D eigenvalue weighted by atomic mass is 32.2. The molecule has 1 fully saturated rings. The van der Waals surface area contributed by atoms with Crippen LogP contribution >= 0.6 is 0 Å². The first kappa shape index (κ1) is 20.4. The molecule has 0 N–H and O–H groups in total. The SMILES string of the molecule is COc1ccc(C2CCCCCN2C(=O)CCS(=O)(=O)c2ccccc2)cc1. The van der Waals surface area contributed by atoms with Crippen LogP contribution in [-0.2, 0) is 14.6 Å². The van der Waals surface area contributed by atoms with Crippen molar-refractivity contribution >= 4 is 15.7 Å². The van der Waals surface area contributed by atoms with Crippen molar-refractivity contribution in [1.82, 2.24) is 4.90 Å². The van der Waals surface area contributed by atoms with E-state index < -0.39 is 9.84 Å². The van der Waals surface area contributed by atoms with Crippen LogP contribution in [0.2, 0.25) is 0 Å². The Labute approximate surface area is 167 Å². The summed E-state index contributed by atoms with van der Waals surface area (Å²) in [6.45, 7) is 0.668. The van der Waals surface area contributed by atoms with Crippen molar-refractivity contribution in [3.63, 3.8) is 0 Å². The van der Waals surface area contributed by atoms with Gasteiger partial charge in [0.2, 0.25) is 5.91 Å². The molecule has 6 heteroatoms. The zero-order valence-corrected chi connectivity index (χ0v) is 17.0. The quantitative estimate of drug-likeness (QED) is 0.734. The van der Waals surface area contributed by atoms with Gasteiger partial charge in [0, 0.05) is 13.0 Å². The van der Waals surface area contributed by atoms with Gasteiger partial charge in [0.05, 0.1) is 23.8 Å². The van der Waals surface area contributed by atoms with E-state index in [1.54, 1.807) is 37.4 Å². The minimum absolute atomic E-state index is 0.00385. The molecule has 28 heavy (non-hydrogen) atoms. The lowest BCUT2D eigenvalue weighted by Gasteiger charge is -2.30. The fraction of sp³-hybridized carbons (Fsp3) is 0.409. The van der Waals surface area contributed by atoms with Crippen LogP contribution in [0.4, 0.5) is 0 Å². The fourth-order valence-electron chi connectivity index (χ4n) is 3.69. The van der Waals surface area contributed by atoms with E-state index in [1.165, 1.54) is 0 Å². The monoisotopic (exact) mass is 401 g/mol. The Morgan fingerprint density at radius 1 is 1.04 bits per heavy atom. The number of carbonyl (C=O) groups is 1. The number of rotatable bonds is 6. The fourth-order valence-corrected chi connectivity index (χ4v) is 4.94. The summed E-state index contributed by atoms with van der Waals surface area (Å²) in [5, 5.41) is 0. The van der Waals surface area contributed by atoms with Gasteiger partial charge in [0.25, 0.3) is 0 Å². The molecule has 0 radical (unpaired) electrons. The molecule has 2 aromatic carbocycles. The van der Waals surface area contributed by atoms with Gasteiger partial charge >= 0.3 is 0 Å². The van der Waals surface area contributed by atoms with Gasteiger partial charge in [-0.2, -0.15) is 0 Å². The second-order valence-corrected chi connectivity index (χ2v) is 9.22. The summed E-state index contributed by atoms with van der Waals surface area (Å²) in [6.07, 6.45) is 3.98. The minimum Gasteiger partial charge on any atom is -0.497 e. The zero-order valence-electron chi connectivity index (χ0n) is 16.2. The van der Waals surface area contributed by atoms with Crippen molar-refractivity contribution in [3.8, 4) is 5.75 Å². The van der Waals surface area contributed by atoms with Crippen LogP contribution in [0.15, 0.2) is 59.5 Å². The van der Waals surface area contributed by atoms with Gasteiger partial charge < -0.3 is 9.64 Å². The Hall–Kier alpha value is -2.34. The number of ether oxygens (including phenoxy) is 1. The lowest BCUT2D eigenvalue weighted by Crippen LogP contribution is -2.35. The summed E-state index contributed by atoms with van der Waals surface area (Å²) in [4.78, 5) is 15.1. The summed E-state index contributed by atoms with van der Waals surface area (Å²) in [7, 11) is -1.83. The molecule has 5 nitrogen and oxygen atoms in total. The third kappa shape index (κ3) is 4.93. The maximum Gasteiger partial charge on any atom is 0.224 e. The minimum atomic E-state index is -3.46. The molecular formula is C22H27NO4S. The predicted octanol–water partition coefficient (Wildman–Crippen LogP) is 4.00. The number of amides is 1. The van der Waals surface area contributed by atoms with Crippen LogP contribution in [0.25, 0.3) is 0 Å². The average Bonchev–Trinajstić information content (AvgIpc) is 2.99. The van der Waals surface area contributed by atoms with E-state index in [4.69, 9.17) is 4.74 Å². The highest BCUT2D eigenvalue weighted by molar-refractivity contribution is 7.91. The van der Waals surface area contributed by atoms with E-state index in [1.807, 2.05) is 29.2 Å². The van der Waals surface area contributed by atoms with Gasteiger partial charge in [0.1, 0.15) is 5.75 Å². The lowest BCUT2D eigenvalue weighted by atomic mass is 10.0. The molecule has 3 rings (SSSR count). The lowest BCUT2D eigenvalue weighted by molar-refractivity contribution is -0.133. The Bertz CT molecular complexity index is 879. The van der Waals surface area contributed by atoms with Crippen molar-refractivity contribution in [1.29, 1.82) is 0 Å². The summed E-state index contributed by atoms with van der Waals surface area (Å²) < 4.78 is 30.3. The third-order valence-corrected chi connectivity index (χ3v) is 6.99. The summed E-state index contributed by atoms with van der Waals surface area (Å²) in [5.74, 6) is 0.522. The Morgan fingerprint density at radius 3 is 2.43 bits per heavy atom. The largest absolute Gasteiger partial charge is 0.497 e. The maximum absolute atomic E-state index is 13.0. The smallest absolute Gasteiger partial charge is 0.224 e. The standard InChI is InChI=1S/C22H27NO4S/c1-27-19-13-11-18(12-14-19)21-10-6-3-7-16-23(21)22(24)15-17-28(25,26)20-8-4-2-5-9-20/h2,4-5,8-9,11-14,21H,3,6-7,10,15-17H2,1H3. The molecule has 0 aromatic heterocycles. The van der Waals surface area contributed by atoms with E-state index in [2.05, 4.69) is 0 Å². The summed E-state index contributed by atoms with van der Waals surface area (Å²) >= 11 is 0. The molecular weight excluding hydrogens is 374 g/mol. The highest BCUT2D eigenvalue weighted by Crippen LogP contribution is 2.31. The van der Waals surface area contributed by atoms with Crippen molar-refractivity contribution in [2.24, 2.45) is 0 Å². The van der Waals surface area contributed by atoms with Crippen LogP contribution in [0, 0.1) is 0 Å². The Kier molecular flexibility index (Phi) is 6.73. The van der Waals surface area contributed by atoms with Crippen LogP contribution < -0.4 is 4.74 Å². The average molecular weight is 402 g/mol. The molecule has 0 bridgehead atoms. The summed E-state index contributed by atoms with van der Waals surface area (Å²) in [6, 6.07) is 16.1. The van der Waals surface area contributed by atoms with Gasteiger partial charge in [-0.25, -0.2) is 8.42 Å². The number of hydrogen-bond donors (Lipinski definition) is 0. The van der Waals surface area contributed by atoms with Crippen LogP contribution in [0.5, 0.6) is 5.75 Å². The maximum atomic E-state index is 13.0. The first-order valence-corrected chi connectivity index (χ1v) is 11.4. The van der Waals surface area contributed by atoms with Gasteiger partial charge in [-0.15, -0.1) is 0 Å². The van der Waals surface area contributed by atoms with Crippen molar-refractivity contribution in [2.75, 3.05) is 19.4 Å². The van der Waals surface area contributed by atoms with E-state index in [9.17, 15) is 13.2 Å². The van der Waals surface area contributed by atoms with Crippen LogP contribution in [0.1, 0.15) is 43.7 Å². The molecule has 1 aliphatic rings. The molecule has 150 valence electrons. The number of likely N-dealkylation sites (tertiary alicyclic amines) is 1. The number of sulfone groups is 1. The molecule has 0 spiro atoms. The van der Waals surface area contributed by atoms with E-state index >= 15 is 0 Å². The third-order valence-electron chi connectivity index (χ3n) is 5.26. The molecule has 1 amide bonds. The van der Waals surface area contributed by atoms with Crippen molar-refractivity contribution in [2.45, 2.75) is 43.0 Å². The first-order valence-electron chi connectivity index (χ1n) is 9.72. The molecule has 1 unspecified atom stereocenters. The number of carbonyl (C=O) groups excluding carboxylic acids is 1. The molecule has 0 aliphatic carbocycles. The molecule has 1 aliphatic heterocycles. The van der Waals surface area contributed by atoms with Gasteiger partial charge in [-0.1, -0.05) is 43.2 Å². The van der Waals surface area contributed by atoms with Crippen LogP contribution in [-0.4, -0.2) is 38.6 Å². The number of hydrogen-bond acceptors (Lipinski definition) is 4. The van der Waals surface area contributed by atoms with E-state index in [-0.39, 0.29) is 29.0 Å². The van der Waals surface area contributed by atoms with E-state index in [0.29, 0.717) is 6.54 Å². The topological polar surface area (TPSA) is 63.7 Å². The molecule has 2 aromatic rings. The molecule has 1 saturated heterocycles. The predicted molar refractivity (Wildman–Crippen MR) is 109 cm³/mol. The second kappa shape index (κ2) is 9.24. The van der Waals surface area contributed by atoms with E-state index in [0.717, 1.165) is 37.0 Å². The van der Waals surface area contributed by atoms with Gasteiger partial charge in [0.15, 0.2) is 9.84 Å². The second-order valence-electron chi connectivity index (χ2n) is 7.11. The van der Waals surface area contributed by atoms with Crippen molar-refractivity contribution in [3.05, 3.63) is 60.2 Å². The first-order chi connectivity index (χ1) is 13.5. The molecule has 1 atom stereocenters. The van der Waals surface area contributed by atoms with Crippen molar-refractivity contribution < 1.29 is 17.9 Å². The van der Waals surface area contributed by atoms with Gasteiger partial charge in [-0.3, -0.25) is 4.79 Å². The molecule has 1 heterocycles. The summed E-state index contributed by atoms with van der Waals surface area (Å²) in [5.41, 5.74) is 1.07. The molecule has 0 saturated carbocycles. The normalized spacial score (nSPS) is 17.8.